The van der Waals surface area contributed by atoms with Crippen LogP contribution in [0.2, 0.25) is 0 Å². The molecule has 1 aromatic carbocycles. The smallest absolute Gasteiger partial charge is 0.468 e. The van der Waals surface area contributed by atoms with E-state index in [9.17, 15) is 17.6 Å². The highest BCUT2D eigenvalue weighted by atomic mass is 19.4. The number of oxazole rings is 1. The third-order valence-corrected chi connectivity index (χ3v) is 2.26. The van der Waals surface area contributed by atoms with Crippen LogP contribution in [-0.2, 0) is 6.18 Å². The third-order valence-electron chi connectivity index (χ3n) is 2.26. The number of halogens is 4. The van der Waals surface area contributed by atoms with Crippen molar-refractivity contribution >= 4 is 0 Å². The predicted molar refractivity (Wildman–Crippen MR) is 53.3 cm³/mol. The Bertz CT molecular complexity index is 589. The van der Waals surface area contributed by atoms with Crippen LogP contribution in [0.5, 0.6) is 5.75 Å². The molecule has 0 aliphatic carbocycles. The summed E-state index contributed by atoms with van der Waals surface area (Å²) in [7, 11) is 0. The first-order valence-corrected chi connectivity index (χ1v) is 4.82. The molecule has 96 valence electrons. The summed E-state index contributed by atoms with van der Waals surface area (Å²) >= 11 is 0. The molecule has 2 aromatic rings. The first-order valence-electron chi connectivity index (χ1n) is 4.82. The lowest BCUT2D eigenvalue weighted by Crippen LogP contribution is -2.04. The van der Waals surface area contributed by atoms with E-state index in [4.69, 9.17) is 5.11 Å². The van der Waals surface area contributed by atoms with Gasteiger partial charge in [0.25, 0.3) is 0 Å². The van der Waals surface area contributed by atoms with Gasteiger partial charge in [0.2, 0.25) is 0 Å². The zero-order chi connectivity index (χ0) is 13.5. The number of phenolic OH excluding ortho intramolecular Hbond substituents is 1. The molecule has 0 spiro atoms. The number of hydrogen-bond acceptors (Lipinski definition) is 3. The third kappa shape index (κ3) is 2.15. The number of aryl methyl sites for hydroxylation is 1. The molecule has 1 N–H and O–H groups in total. The zero-order valence-corrected chi connectivity index (χ0v) is 9.05. The Hall–Kier alpha value is -2.05. The monoisotopic (exact) mass is 261 g/mol. The van der Waals surface area contributed by atoms with Crippen molar-refractivity contribution in [1.29, 1.82) is 0 Å². The van der Waals surface area contributed by atoms with Gasteiger partial charge in [-0.25, -0.2) is 9.37 Å². The van der Waals surface area contributed by atoms with E-state index in [0.717, 1.165) is 12.1 Å². The summed E-state index contributed by atoms with van der Waals surface area (Å²) in [6.07, 6.45) is -4.69. The molecule has 1 heterocycles. The van der Waals surface area contributed by atoms with E-state index >= 15 is 0 Å². The van der Waals surface area contributed by atoms with Gasteiger partial charge >= 0.3 is 12.1 Å². The minimum Gasteiger partial charge on any atom is -0.505 e. The van der Waals surface area contributed by atoms with Crippen LogP contribution in [0.25, 0.3) is 11.3 Å². The van der Waals surface area contributed by atoms with Gasteiger partial charge in [-0.15, -0.1) is 0 Å². The van der Waals surface area contributed by atoms with Gasteiger partial charge in [-0.2, -0.15) is 13.2 Å². The Labute approximate surface area is 98.7 Å². The summed E-state index contributed by atoms with van der Waals surface area (Å²) in [4.78, 5) is 3.30. The average Bonchev–Trinajstić information content (AvgIpc) is 2.64. The molecule has 0 bridgehead atoms. The van der Waals surface area contributed by atoms with Crippen LogP contribution in [-0.4, -0.2) is 10.1 Å². The highest BCUT2D eigenvalue weighted by Crippen LogP contribution is 2.34. The number of rotatable bonds is 1. The van der Waals surface area contributed by atoms with Gasteiger partial charge in [-0.3, -0.25) is 0 Å². The van der Waals surface area contributed by atoms with Gasteiger partial charge in [0.15, 0.2) is 11.6 Å². The second-order valence-corrected chi connectivity index (χ2v) is 3.59. The molecule has 0 unspecified atom stereocenters. The number of aromatic hydroxyl groups is 1. The lowest BCUT2D eigenvalue weighted by Gasteiger charge is -2.00. The van der Waals surface area contributed by atoms with Crippen molar-refractivity contribution in [3.8, 4) is 17.0 Å². The fourth-order valence-electron chi connectivity index (χ4n) is 1.45. The molecule has 7 heteroatoms. The maximum atomic E-state index is 12.8. The maximum absolute atomic E-state index is 12.8. The molecular weight excluding hydrogens is 254 g/mol. The Balaban J connectivity index is 2.51. The second kappa shape index (κ2) is 4.01. The van der Waals surface area contributed by atoms with Crippen LogP contribution in [0.3, 0.4) is 0 Å². The van der Waals surface area contributed by atoms with Crippen molar-refractivity contribution in [2.75, 3.05) is 0 Å². The summed E-state index contributed by atoms with van der Waals surface area (Å²) in [6.45, 7) is 1.30. The number of alkyl halides is 3. The number of benzene rings is 1. The van der Waals surface area contributed by atoms with Gasteiger partial charge in [-0.05, 0) is 25.1 Å². The molecule has 0 amide bonds. The minimum absolute atomic E-state index is 0.0617. The lowest BCUT2D eigenvalue weighted by atomic mass is 10.1. The lowest BCUT2D eigenvalue weighted by molar-refractivity contribution is -0.157. The van der Waals surface area contributed by atoms with Crippen molar-refractivity contribution < 1.29 is 27.1 Å². The number of phenols is 1. The van der Waals surface area contributed by atoms with Gasteiger partial charge in [-0.1, -0.05) is 0 Å². The van der Waals surface area contributed by atoms with Gasteiger partial charge in [0, 0.05) is 5.56 Å². The molecule has 0 saturated heterocycles. The van der Waals surface area contributed by atoms with E-state index in [1.54, 1.807) is 0 Å². The van der Waals surface area contributed by atoms with Crippen molar-refractivity contribution in [2.45, 2.75) is 13.1 Å². The standard InChI is InChI=1S/C11H7F4NO2/c1-5-9(16-10(18-5)11(13,14)15)6-2-3-7(12)8(17)4-6/h2-4,17H,1H3. The summed E-state index contributed by atoms with van der Waals surface area (Å²) in [5.74, 6) is -2.97. The normalized spacial score (nSPS) is 11.8. The fraction of sp³-hybridized carbons (Fsp3) is 0.182. The van der Waals surface area contributed by atoms with E-state index in [2.05, 4.69) is 9.40 Å². The Morgan fingerprint density at radius 3 is 2.44 bits per heavy atom. The molecule has 0 aliphatic rings. The van der Waals surface area contributed by atoms with Gasteiger partial charge in [0.05, 0.1) is 0 Å². The quantitative estimate of drug-likeness (QED) is 0.799. The van der Waals surface area contributed by atoms with E-state index in [0.29, 0.717) is 0 Å². The van der Waals surface area contributed by atoms with E-state index in [1.807, 2.05) is 0 Å². The Morgan fingerprint density at radius 2 is 1.94 bits per heavy atom. The summed E-state index contributed by atoms with van der Waals surface area (Å²) in [6, 6.07) is 3.13. The van der Waals surface area contributed by atoms with Crippen LogP contribution >= 0.6 is 0 Å². The molecule has 2 rings (SSSR count). The Morgan fingerprint density at radius 1 is 1.28 bits per heavy atom. The number of aromatic nitrogens is 1. The maximum Gasteiger partial charge on any atom is 0.468 e. The first kappa shape index (κ1) is 12.4. The molecule has 18 heavy (non-hydrogen) atoms. The molecule has 1 aromatic heterocycles. The summed E-state index contributed by atoms with van der Waals surface area (Å²) in [5.41, 5.74) is 0.0586. The highest BCUT2D eigenvalue weighted by molar-refractivity contribution is 5.63. The number of hydrogen-bond donors (Lipinski definition) is 1. The van der Waals surface area contributed by atoms with Gasteiger partial charge in [0.1, 0.15) is 11.5 Å². The molecule has 0 fully saturated rings. The van der Waals surface area contributed by atoms with Crippen molar-refractivity contribution in [3.63, 3.8) is 0 Å². The van der Waals surface area contributed by atoms with Crippen LogP contribution in [0, 0.1) is 12.7 Å². The van der Waals surface area contributed by atoms with Crippen molar-refractivity contribution in [2.24, 2.45) is 0 Å². The number of nitrogens with zero attached hydrogens (tertiary/aromatic N) is 1. The summed E-state index contributed by atoms with van der Waals surface area (Å²) < 4.78 is 54.5. The SMILES string of the molecule is Cc1oc(C(F)(F)F)nc1-c1ccc(F)c(O)c1. The van der Waals surface area contributed by atoms with Crippen LogP contribution < -0.4 is 0 Å². The first-order chi connectivity index (χ1) is 8.29. The summed E-state index contributed by atoms with van der Waals surface area (Å²) in [5, 5.41) is 9.16. The topological polar surface area (TPSA) is 46.3 Å². The van der Waals surface area contributed by atoms with Crippen LogP contribution in [0.4, 0.5) is 17.6 Å². The van der Waals surface area contributed by atoms with Crippen molar-refractivity contribution in [3.05, 3.63) is 35.7 Å². The average molecular weight is 261 g/mol. The second-order valence-electron chi connectivity index (χ2n) is 3.59. The molecule has 0 aliphatic heterocycles. The molecule has 0 atom stereocenters. The van der Waals surface area contributed by atoms with Crippen molar-refractivity contribution in [1.82, 2.24) is 4.98 Å². The molecular formula is C11H7F4NO2. The molecule has 3 nitrogen and oxygen atoms in total. The zero-order valence-electron chi connectivity index (χ0n) is 9.05. The van der Waals surface area contributed by atoms with E-state index < -0.39 is 23.6 Å². The van der Waals surface area contributed by atoms with Crippen LogP contribution in [0.15, 0.2) is 22.6 Å². The van der Waals surface area contributed by atoms with Crippen LogP contribution in [0.1, 0.15) is 11.7 Å². The molecule has 0 saturated carbocycles. The fourth-order valence-corrected chi connectivity index (χ4v) is 1.45. The largest absolute Gasteiger partial charge is 0.505 e. The van der Waals surface area contributed by atoms with E-state index in [1.165, 1.54) is 13.0 Å². The van der Waals surface area contributed by atoms with E-state index in [-0.39, 0.29) is 17.0 Å². The Kier molecular flexibility index (Phi) is 2.76. The van der Waals surface area contributed by atoms with Gasteiger partial charge < -0.3 is 9.52 Å². The predicted octanol–water partition coefficient (Wildman–Crippen LogP) is 3.51. The minimum atomic E-state index is -4.69. The highest BCUT2D eigenvalue weighted by Gasteiger charge is 2.38. The molecule has 0 radical (unpaired) electrons.